The predicted octanol–water partition coefficient (Wildman–Crippen LogP) is 1.69. The van der Waals surface area contributed by atoms with Gasteiger partial charge < -0.3 is 9.47 Å². The molecule has 0 aromatic heterocycles. The SMILES string of the molecule is CCOc1ccc(C(=O)NC#N)cc1OCC. The largest absolute Gasteiger partial charge is 0.490 e. The molecule has 0 aliphatic rings. The highest BCUT2D eigenvalue weighted by Crippen LogP contribution is 2.28. The summed E-state index contributed by atoms with van der Waals surface area (Å²) in [5, 5.41) is 10.4. The lowest BCUT2D eigenvalue weighted by Crippen LogP contribution is -2.17. The molecule has 5 heteroatoms. The second kappa shape index (κ2) is 6.38. The predicted molar refractivity (Wildman–Crippen MR) is 61.9 cm³/mol. The average Bonchev–Trinajstić information content (AvgIpc) is 2.32. The van der Waals surface area contributed by atoms with Gasteiger partial charge in [-0.05, 0) is 32.0 Å². The summed E-state index contributed by atoms with van der Waals surface area (Å²) < 4.78 is 10.7. The van der Waals surface area contributed by atoms with E-state index in [1.54, 1.807) is 24.4 Å². The van der Waals surface area contributed by atoms with E-state index in [4.69, 9.17) is 14.7 Å². The first kappa shape index (κ1) is 12.8. The van der Waals surface area contributed by atoms with Crippen LogP contribution in [0, 0.1) is 11.5 Å². The molecule has 0 fully saturated rings. The molecule has 1 aromatic rings. The van der Waals surface area contributed by atoms with E-state index in [0.717, 1.165) is 0 Å². The summed E-state index contributed by atoms with van der Waals surface area (Å²) in [6.45, 7) is 4.71. The molecule has 0 saturated heterocycles. The first-order valence-corrected chi connectivity index (χ1v) is 5.32. The van der Waals surface area contributed by atoms with Crippen LogP contribution in [0.5, 0.6) is 11.5 Å². The smallest absolute Gasteiger partial charge is 0.264 e. The van der Waals surface area contributed by atoms with Gasteiger partial charge in [-0.1, -0.05) is 0 Å². The maximum Gasteiger partial charge on any atom is 0.264 e. The number of nitrogens with zero attached hydrogens (tertiary/aromatic N) is 1. The fourth-order valence-corrected chi connectivity index (χ4v) is 1.32. The number of hydrogen-bond acceptors (Lipinski definition) is 4. The Hall–Kier alpha value is -2.22. The Bertz CT molecular complexity index is 438. The molecule has 0 bridgehead atoms. The van der Waals surface area contributed by atoms with Crippen molar-refractivity contribution in [1.82, 2.24) is 5.32 Å². The van der Waals surface area contributed by atoms with Crippen molar-refractivity contribution in [2.45, 2.75) is 13.8 Å². The van der Waals surface area contributed by atoms with Crippen LogP contribution in [0.3, 0.4) is 0 Å². The third-order valence-electron chi connectivity index (χ3n) is 1.98. The summed E-state index contributed by atoms with van der Waals surface area (Å²) in [7, 11) is 0. The van der Waals surface area contributed by atoms with Crippen molar-refractivity contribution in [1.29, 1.82) is 5.26 Å². The zero-order valence-corrected chi connectivity index (χ0v) is 9.82. The van der Waals surface area contributed by atoms with E-state index < -0.39 is 5.91 Å². The lowest BCUT2D eigenvalue weighted by molar-refractivity contribution is 0.0972. The number of benzene rings is 1. The van der Waals surface area contributed by atoms with Crippen LogP contribution in [0.2, 0.25) is 0 Å². The molecule has 17 heavy (non-hydrogen) atoms. The van der Waals surface area contributed by atoms with Crippen LogP contribution in [0.15, 0.2) is 18.2 Å². The molecule has 0 unspecified atom stereocenters. The van der Waals surface area contributed by atoms with Gasteiger partial charge in [0.15, 0.2) is 17.7 Å². The van der Waals surface area contributed by atoms with Crippen molar-refractivity contribution in [3.8, 4) is 17.7 Å². The topological polar surface area (TPSA) is 71.3 Å². The average molecular weight is 234 g/mol. The molecule has 90 valence electrons. The van der Waals surface area contributed by atoms with Gasteiger partial charge in [-0.15, -0.1) is 0 Å². The number of carbonyl (C=O) groups excluding carboxylic acids is 1. The van der Waals surface area contributed by atoms with Crippen LogP contribution < -0.4 is 14.8 Å². The second-order valence-corrected chi connectivity index (χ2v) is 3.09. The minimum Gasteiger partial charge on any atom is -0.490 e. The monoisotopic (exact) mass is 234 g/mol. The fraction of sp³-hybridized carbons (Fsp3) is 0.333. The molecule has 5 nitrogen and oxygen atoms in total. The number of amides is 1. The third-order valence-corrected chi connectivity index (χ3v) is 1.98. The molecule has 1 aromatic carbocycles. The molecule has 0 aliphatic heterocycles. The Balaban J connectivity index is 3.00. The van der Waals surface area contributed by atoms with Crippen LogP contribution in [0.25, 0.3) is 0 Å². The summed E-state index contributed by atoms with van der Waals surface area (Å²) in [5.41, 5.74) is 0.360. The highest BCUT2D eigenvalue weighted by atomic mass is 16.5. The van der Waals surface area contributed by atoms with E-state index in [2.05, 4.69) is 5.32 Å². The first-order chi connectivity index (χ1) is 8.22. The number of hydrogen-bond donors (Lipinski definition) is 1. The zero-order chi connectivity index (χ0) is 12.7. The van der Waals surface area contributed by atoms with Gasteiger partial charge in [-0.3, -0.25) is 10.1 Å². The van der Waals surface area contributed by atoms with Crippen LogP contribution in [0.4, 0.5) is 0 Å². The number of carbonyl (C=O) groups is 1. The molecule has 0 radical (unpaired) electrons. The van der Waals surface area contributed by atoms with Gasteiger partial charge in [0, 0.05) is 5.56 Å². The van der Waals surface area contributed by atoms with Gasteiger partial charge in [0.1, 0.15) is 0 Å². The van der Waals surface area contributed by atoms with Crippen LogP contribution in [-0.4, -0.2) is 19.1 Å². The molecule has 0 saturated carbocycles. The molecule has 1 N–H and O–H groups in total. The molecular formula is C12H14N2O3. The van der Waals surface area contributed by atoms with Gasteiger partial charge in [0.2, 0.25) is 0 Å². The van der Waals surface area contributed by atoms with Gasteiger partial charge in [0.05, 0.1) is 13.2 Å². The van der Waals surface area contributed by atoms with E-state index in [1.807, 2.05) is 13.8 Å². The summed E-state index contributed by atoms with van der Waals surface area (Å²) >= 11 is 0. The summed E-state index contributed by atoms with van der Waals surface area (Å²) in [5.74, 6) is 0.624. The van der Waals surface area contributed by atoms with Gasteiger partial charge in [-0.25, -0.2) is 0 Å². The minimum atomic E-state index is -0.462. The van der Waals surface area contributed by atoms with Crippen LogP contribution in [-0.2, 0) is 0 Å². The number of nitrogens with one attached hydrogen (secondary N) is 1. The van der Waals surface area contributed by atoms with Crippen molar-refractivity contribution in [2.75, 3.05) is 13.2 Å². The van der Waals surface area contributed by atoms with Crippen molar-refractivity contribution in [3.05, 3.63) is 23.8 Å². The van der Waals surface area contributed by atoms with E-state index in [0.29, 0.717) is 30.3 Å². The summed E-state index contributed by atoms with van der Waals surface area (Å²) in [4.78, 5) is 11.4. The molecule has 0 spiro atoms. The number of rotatable bonds is 5. The van der Waals surface area contributed by atoms with E-state index in [1.165, 1.54) is 0 Å². The van der Waals surface area contributed by atoms with Crippen molar-refractivity contribution in [2.24, 2.45) is 0 Å². The van der Waals surface area contributed by atoms with E-state index in [-0.39, 0.29) is 0 Å². The van der Waals surface area contributed by atoms with Crippen molar-refractivity contribution < 1.29 is 14.3 Å². The normalized spacial score (nSPS) is 9.24. The van der Waals surface area contributed by atoms with E-state index in [9.17, 15) is 4.79 Å². The molecule has 0 atom stereocenters. The Morgan fingerprint density at radius 3 is 2.53 bits per heavy atom. The Morgan fingerprint density at radius 1 is 1.29 bits per heavy atom. The number of nitriles is 1. The van der Waals surface area contributed by atoms with Crippen LogP contribution >= 0.6 is 0 Å². The molecule has 0 aliphatic carbocycles. The summed E-state index contributed by atoms with van der Waals surface area (Å²) in [6, 6.07) is 4.79. The Kier molecular flexibility index (Phi) is 4.82. The maximum atomic E-state index is 11.4. The maximum absolute atomic E-state index is 11.4. The Labute approximate surface area is 100.0 Å². The van der Waals surface area contributed by atoms with Gasteiger partial charge >= 0.3 is 0 Å². The molecule has 0 heterocycles. The number of ether oxygens (including phenoxy) is 2. The minimum absolute atomic E-state index is 0.360. The standard InChI is InChI=1S/C12H14N2O3/c1-3-16-10-6-5-9(12(15)14-8-13)7-11(10)17-4-2/h5-7H,3-4H2,1-2H3,(H,14,15). The summed E-state index contributed by atoms with van der Waals surface area (Å²) in [6.07, 6.45) is 1.59. The van der Waals surface area contributed by atoms with E-state index >= 15 is 0 Å². The Morgan fingerprint density at radius 2 is 1.94 bits per heavy atom. The molecule has 1 rings (SSSR count). The lowest BCUT2D eigenvalue weighted by atomic mass is 10.2. The fourth-order valence-electron chi connectivity index (χ4n) is 1.32. The van der Waals surface area contributed by atoms with Crippen LogP contribution in [0.1, 0.15) is 24.2 Å². The quantitative estimate of drug-likeness (QED) is 0.621. The van der Waals surface area contributed by atoms with Gasteiger partial charge in [-0.2, -0.15) is 5.26 Å². The van der Waals surface area contributed by atoms with Crippen molar-refractivity contribution >= 4 is 5.91 Å². The highest BCUT2D eigenvalue weighted by Gasteiger charge is 2.10. The zero-order valence-electron chi connectivity index (χ0n) is 9.82. The molecule has 1 amide bonds. The highest BCUT2D eigenvalue weighted by molar-refractivity contribution is 5.95. The van der Waals surface area contributed by atoms with Crippen molar-refractivity contribution in [3.63, 3.8) is 0 Å². The third kappa shape index (κ3) is 3.38. The molecular weight excluding hydrogens is 220 g/mol. The second-order valence-electron chi connectivity index (χ2n) is 3.09. The lowest BCUT2D eigenvalue weighted by Gasteiger charge is -2.11. The first-order valence-electron chi connectivity index (χ1n) is 5.32. The van der Waals surface area contributed by atoms with Gasteiger partial charge in [0.25, 0.3) is 5.91 Å².